The van der Waals surface area contributed by atoms with Crippen LogP contribution in [0.15, 0.2) is 60.8 Å². The molecular weight excluding hydrogens is 356 g/mol. The van der Waals surface area contributed by atoms with Crippen LogP contribution in [-0.2, 0) is 13.1 Å². The minimum absolute atomic E-state index is 0.295. The lowest BCUT2D eigenvalue weighted by molar-refractivity contribution is 0.0919. The van der Waals surface area contributed by atoms with Gasteiger partial charge < -0.3 is 5.32 Å². The number of anilines is 1. The van der Waals surface area contributed by atoms with Crippen molar-refractivity contribution in [3.63, 3.8) is 0 Å². The van der Waals surface area contributed by atoms with Crippen molar-refractivity contribution in [1.82, 2.24) is 15.1 Å². The lowest BCUT2D eigenvalue weighted by Gasteiger charge is -2.15. The van der Waals surface area contributed by atoms with Gasteiger partial charge >= 0.3 is 0 Å². The molecule has 3 aromatic rings. The van der Waals surface area contributed by atoms with Gasteiger partial charge in [-0.25, -0.2) is 4.90 Å². The highest BCUT2D eigenvalue weighted by molar-refractivity contribution is 6.34. The van der Waals surface area contributed by atoms with Crippen LogP contribution in [0.3, 0.4) is 0 Å². The minimum atomic E-state index is -0.386. The molecule has 0 bridgehead atoms. The molecule has 1 N–H and O–H groups in total. The summed E-state index contributed by atoms with van der Waals surface area (Å²) < 4.78 is 1.78. The summed E-state index contributed by atoms with van der Waals surface area (Å²) in [6, 6.07) is 15.0. The van der Waals surface area contributed by atoms with E-state index in [1.54, 1.807) is 53.2 Å². The molecule has 2 heterocycles. The largest absolute Gasteiger partial charge is 0.346 e. The van der Waals surface area contributed by atoms with Crippen molar-refractivity contribution >= 4 is 23.4 Å². The van der Waals surface area contributed by atoms with Crippen LogP contribution in [0.25, 0.3) is 0 Å². The Bertz CT molecular complexity index is 1050. The quantitative estimate of drug-likeness (QED) is 0.696. The van der Waals surface area contributed by atoms with Gasteiger partial charge in [-0.1, -0.05) is 18.2 Å². The van der Waals surface area contributed by atoms with Crippen molar-refractivity contribution in [1.29, 1.82) is 0 Å². The topological polar surface area (TPSA) is 84.3 Å². The van der Waals surface area contributed by atoms with Gasteiger partial charge in [-0.2, -0.15) is 5.10 Å². The summed E-state index contributed by atoms with van der Waals surface area (Å²) in [5.41, 5.74) is 2.23. The predicted molar refractivity (Wildman–Crippen MR) is 103 cm³/mol. The normalized spacial score (nSPS) is 13.0. The number of carbonyl (C=O) groups excluding carboxylic acids is 3. The Labute approximate surface area is 161 Å². The number of fused-ring (bicyclic) bond motifs is 1. The summed E-state index contributed by atoms with van der Waals surface area (Å²) in [4.78, 5) is 38.9. The lowest BCUT2D eigenvalue weighted by atomic mass is 10.1. The second-order valence-corrected chi connectivity index (χ2v) is 6.39. The summed E-state index contributed by atoms with van der Waals surface area (Å²) in [5.74, 6) is -1.07. The highest BCUT2D eigenvalue weighted by Gasteiger charge is 2.36. The van der Waals surface area contributed by atoms with Gasteiger partial charge in [0, 0.05) is 18.3 Å². The first-order valence-corrected chi connectivity index (χ1v) is 8.97. The molecule has 1 aliphatic heterocycles. The van der Waals surface area contributed by atoms with Crippen molar-refractivity contribution in [2.24, 2.45) is 0 Å². The van der Waals surface area contributed by atoms with Gasteiger partial charge in [0.15, 0.2) is 0 Å². The van der Waals surface area contributed by atoms with Crippen molar-refractivity contribution in [2.45, 2.75) is 20.0 Å². The van der Waals surface area contributed by atoms with Crippen molar-refractivity contribution in [3.8, 4) is 0 Å². The first-order chi connectivity index (χ1) is 13.6. The highest BCUT2D eigenvalue weighted by Crippen LogP contribution is 2.28. The Morgan fingerprint density at radius 2 is 1.71 bits per heavy atom. The number of rotatable bonds is 5. The maximum absolute atomic E-state index is 12.6. The van der Waals surface area contributed by atoms with Gasteiger partial charge in [-0.15, -0.1) is 0 Å². The zero-order valence-corrected chi connectivity index (χ0v) is 15.3. The number of amides is 3. The maximum Gasteiger partial charge on any atom is 0.266 e. The molecule has 0 saturated heterocycles. The molecule has 28 heavy (non-hydrogen) atoms. The summed E-state index contributed by atoms with van der Waals surface area (Å²) in [6.45, 7) is 3.04. The first kappa shape index (κ1) is 17.7. The van der Waals surface area contributed by atoms with E-state index in [4.69, 9.17) is 0 Å². The Balaban J connectivity index is 1.52. The standard InChI is InChI=1S/C21H18N4O3/c1-2-24-11-10-15(23-24)13-22-19(26)14-6-5-7-16(12-14)25-20(27)17-8-3-4-9-18(17)21(25)28/h3-12H,2,13H2,1H3,(H,22,26). The van der Waals surface area contributed by atoms with Crippen LogP contribution in [-0.4, -0.2) is 27.5 Å². The van der Waals surface area contributed by atoms with Crippen LogP contribution in [0.2, 0.25) is 0 Å². The molecule has 7 nitrogen and oxygen atoms in total. The monoisotopic (exact) mass is 374 g/mol. The number of hydrogen-bond donors (Lipinski definition) is 1. The van der Waals surface area contributed by atoms with Gasteiger partial charge in [-0.05, 0) is 43.3 Å². The van der Waals surface area contributed by atoms with Crippen LogP contribution in [0.1, 0.15) is 43.7 Å². The summed E-state index contributed by atoms with van der Waals surface area (Å²) >= 11 is 0. The molecule has 0 unspecified atom stereocenters. The van der Waals surface area contributed by atoms with Gasteiger partial charge in [0.25, 0.3) is 17.7 Å². The average molecular weight is 374 g/mol. The second kappa shape index (κ2) is 7.11. The highest BCUT2D eigenvalue weighted by atomic mass is 16.2. The number of aryl methyl sites for hydroxylation is 1. The number of aromatic nitrogens is 2. The molecule has 1 aliphatic rings. The third-order valence-electron chi connectivity index (χ3n) is 4.61. The predicted octanol–water partition coefficient (Wildman–Crippen LogP) is 2.63. The maximum atomic E-state index is 12.6. The summed E-state index contributed by atoms with van der Waals surface area (Å²) in [7, 11) is 0. The summed E-state index contributed by atoms with van der Waals surface area (Å²) in [5, 5.41) is 7.13. The molecule has 0 atom stereocenters. The second-order valence-electron chi connectivity index (χ2n) is 6.39. The Kier molecular flexibility index (Phi) is 4.49. The van der Waals surface area contributed by atoms with E-state index in [1.165, 1.54) is 0 Å². The van der Waals surface area contributed by atoms with E-state index in [-0.39, 0.29) is 17.7 Å². The zero-order chi connectivity index (χ0) is 19.7. The first-order valence-electron chi connectivity index (χ1n) is 8.97. The molecule has 0 saturated carbocycles. The fourth-order valence-corrected chi connectivity index (χ4v) is 3.16. The van der Waals surface area contributed by atoms with E-state index >= 15 is 0 Å². The van der Waals surface area contributed by atoms with Gasteiger partial charge in [0.1, 0.15) is 0 Å². The van der Waals surface area contributed by atoms with Crippen molar-refractivity contribution in [3.05, 3.63) is 83.2 Å². The third-order valence-corrected chi connectivity index (χ3v) is 4.61. The molecule has 2 aromatic carbocycles. The number of nitrogens with one attached hydrogen (secondary N) is 1. The van der Waals surface area contributed by atoms with E-state index in [2.05, 4.69) is 10.4 Å². The number of imide groups is 1. The van der Waals surface area contributed by atoms with Gasteiger partial charge in [0.2, 0.25) is 0 Å². The Morgan fingerprint density at radius 3 is 2.36 bits per heavy atom. The lowest BCUT2D eigenvalue weighted by Crippen LogP contribution is -2.30. The molecule has 7 heteroatoms. The zero-order valence-electron chi connectivity index (χ0n) is 15.3. The molecule has 3 amide bonds. The molecule has 140 valence electrons. The SMILES string of the molecule is CCn1ccc(CNC(=O)c2cccc(N3C(=O)c4ccccc4C3=O)c2)n1. The van der Waals surface area contributed by atoms with Gasteiger partial charge in [-0.3, -0.25) is 19.1 Å². The smallest absolute Gasteiger partial charge is 0.266 e. The van der Waals surface area contributed by atoms with E-state index in [0.717, 1.165) is 17.1 Å². The fraction of sp³-hybridized carbons (Fsp3) is 0.143. The van der Waals surface area contributed by atoms with E-state index in [0.29, 0.717) is 28.9 Å². The molecular formula is C21H18N4O3. The Hall–Kier alpha value is -3.74. The number of benzene rings is 2. The number of carbonyl (C=O) groups is 3. The summed E-state index contributed by atoms with van der Waals surface area (Å²) in [6.07, 6.45) is 1.85. The molecule has 4 rings (SSSR count). The molecule has 1 aromatic heterocycles. The molecule has 0 spiro atoms. The van der Waals surface area contributed by atoms with E-state index in [9.17, 15) is 14.4 Å². The van der Waals surface area contributed by atoms with Crippen molar-refractivity contribution in [2.75, 3.05) is 4.90 Å². The average Bonchev–Trinajstić information content (AvgIpc) is 3.29. The van der Waals surface area contributed by atoms with Crippen LogP contribution in [0, 0.1) is 0 Å². The van der Waals surface area contributed by atoms with Crippen LogP contribution in [0.4, 0.5) is 5.69 Å². The minimum Gasteiger partial charge on any atom is -0.346 e. The van der Waals surface area contributed by atoms with Crippen LogP contribution >= 0.6 is 0 Å². The number of hydrogen-bond acceptors (Lipinski definition) is 4. The number of nitrogens with zero attached hydrogens (tertiary/aromatic N) is 3. The van der Waals surface area contributed by atoms with Crippen molar-refractivity contribution < 1.29 is 14.4 Å². The third kappa shape index (κ3) is 3.07. The van der Waals surface area contributed by atoms with E-state index < -0.39 is 0 Å². The fourth-order valence-electron chi connectivity index (χ4n) is 3.16. The molecule has 0 radical (unpaired) electrons. The Morgan fingerprint density at radius 1 is 1.00 bits per heavy atom. The van der Waals surface area contributed by atoms with Crippen LogP contribution in [0.5, 0.6) is 0 Å². The van der Waals surface area contributed by atoms with Crippen LogP contribution < -0.4 is 10.2 Å². The van der Waals surface area contributed by atoms with E-state index in [1.807, 2.05) is 19.2 Å². The molecule has 0 fully saturated rings. The van der Waals surface area contributed by atoms with Gasteiger partial charge in [0.05, 0.1) is 29.1 Å². The molecule has 0 aliphatic carbocycles.